The van der Waals surface area contributed by atoms with Gasteiger partial charge >= 0.3 is 5.76 Å². The number of amides is 1. The molecule has 36 heavy (non-hydrogen) atoms. The summed E-state index contributed by atoms with van der Waals surface area (Å²) in [6, 6.07) is 5.39. The molecule has 194 valence electrons. The van der Waals surface area contributed by atoms with Crippen LogP contribution in [0.3, 0.4) is 0 Å². The number of sulfonamides is 1. The highest BCUT2D eigenvalue weighted by Crippen LogP contribution is 2.56. The number of benzene rings is 2. The van der Waals surface area contributed by atoms with Crippen LogP contribution in [-0.4, -0.2) is 56.3 Å². The van der Waals surface area contributed by atoms with Crippen LogP contribution in [-0.2, 0) is 26.0 Å². The number of carbonyl (C=O) groups is 1. The number of alkyl halides is 2. The number of carbonyl (C=O) groups excluding carboxylic acids is 1. The molecule has 0 aromatic heterocycles. The number of ether oxygens (including phenoxy) is 1. The number of nitrogens with zero attached hydrogens (tertiary/aromatic N) is 1. The zero-order chi connectivity index (χ0) is 25.8. The fraction of sp³-hybridized carbons (Fsp3) is 0.458. The van der Waals surface area contributed by atoms with Crippen molar-refractivity contribution in [3.05, 3.63) is 59.4 Å². The Bertz CT molecular complexity index is 1300. The van der Waals surface area contributed by atoms with Crippen LogP contribution in [0.1, 0.15) is 24.8 Å². The lowest BCUT2D eigenvalue weighted by atomic mass is 9.91. The van der Waals surface area contributed by atoms with Crippen molar-refractivity contribution in [3.63, 3.8) is 0 Å². The van der Waals surface area contributed by atoms with E-state index in [9.17, 15) is 30.8 Å². The Morgan fingerprint density at radius 1 is 1.08 bits per heavy atom. The first kappa shape index (κ1) is 25.1. The number of hydrogen-bond donors (Lipinski definition) is 1. The summed E-state index contributed by atoms with van der Waals surface area (Å²) in [5.41, 5.74) is -1.25. The maximum Gasteiger partial charge on any atom is 0.350 e. The van der Waals surface area contributed by atoms with Crippen molar-refractivity contribution in [2.24, 2.45) is 5.41 Å². The van der Waals surface area contributed by atoms with E-state index in [1.165, 1.54) is 35.2 Å². The zero-order valence-corrected chi connectivity index (χ0v) is 19.7. The fourth-order valence-corrected chi connectivity index (χ4v) is 6.04. The van der Waals surface area contributed by atoms with E-state index in [0.717, 1.165) is 6.07 Å². The summed E-state index contributed by atoms with van der Waals surface area (Å²) in [6.45, 7) is 0.504. The van der Waals surface area contributed by atoms with Crippen LogP contribution >= 0.6 is 0 Å². The second-order valence-electron chi connectivity index (χ2n) is 9.53. The van der Waals surface area contributed by atoms with Crippen LogP contribution in [0.5, 0.6) is 0 Å². The maximum atomic E-state index is 15.6. The first-order chi connectivity index (χ1) is 17.0. The molecule has 1 aliphatic carbocycles. The quantitative estimate of drug-likeness (QED) is 0.556. The maximum absolute atomic E-state index is 15.6. The standard InChI is InChI=1S/C24H23F5N2O4S/c25-16-6-2-5-15(20(16)27)14-4-1-3-13(19(14)26)11-17-21(30-36(33,34)23(28)29)24(8-9-24)12-31(17)22(32)18-7-10-35-18/h1-6,17-18,21,23,30H,7-12H2/t17-,18?,21+/m0/s1. The smallest absolute Gasteiger partial charge is 0.350 e. The van der Waals surface area contributed by atoms with E-state index in [-0.39, 0.29) is 29.7 Å². The highest BCUT2D eigenvalue weighted by molar-refractivity contribution is 7.89. The van der Waals surface area contributed by atoms with E-state index < -0.39 is 62.7 Å². The lowest BCUT2D eigenvalue weighted by Crippen LogP contribution is -2.53. The monoisotopic (exact) mass is 530 g/mol. The Hall–Kier alpha value is -2.57. The van der Waals surface area contributed by atoms with E-state index in [0.29, 0.717) is 25.9 Å². The summed E-state index contributed by atoms with van der Waals surface area (Å²) in [6.07, 6.45) is 0.517. The molecule has 3 atom stereocenters. The van der Waals surface area contributed by atoms with Gasteiger partial charge in [-0.25, -0.2) is 26.3 Å². The molecule has 3 aliphatic rings. The van der Waals surface area contributed by atoms with Crippen LogP contribution in [0, 0.1) is 22.9 Å². The van der Waals surface area contributed by atoms with Crippen molar-refractivity contribution in [2.75, 3.05) is 13.2 Å². The van der Waals surface area contributed by atoms with Gasteiger partial charge in [0.05, 0.1) is 12.6 Å². The highest BCUT2D eigenvalue weighted by atomic mass is 32.2. The lowest BCUT2D eigenvalue weighted by molar-refractivity contribution is -0.157. The Morgan fingerprint density at radius 3 is 2.31 bits per heavy atom. The van der Waals surface area contributed by atoms with Gasteiger partial charge in [-0.05, 0) is 30.9 Å². The van der Waals surface area contributed by atoms with Gasteiger partial charge in [-0.3, -0.25) is 4.79 Å². The van der Waals surface area contributed by atoms with Crippen LogP contribution in [0.2, 0.25) is 0 Å². The van der Waals surface area contributed by atoms with Crippen LogP contribution < -0.4 is 4.72 Å². The molecule has 1 spiro atoms. The largest absolute Gasteiger partial charge is 0.368 e. The highest BCUT2D eigenvalue weighted by Gasteiger charge is 2.62. The summed E-state index contributed by atoms with van der Waals surface area (Å²) in [5, 5.41) is 0. The number of likely N-dealkylation sites (tertiary alicyclic amines) is 1. The average Bonchev–Trinajstić information content (AvgIpc) is 3.51. The van der Waals surface area contributed by atoms with E-state index >= 15 is 4.39 Å². The van der Waals surface area contributed by atoms with Crippen molar-refractivity contribution in [1.29, 1.82) is 0 Å². The third-order valence-corrected chi connectivity index (χ3v) is 8.41. The molecule has 1 saturated carbocycles. The molecule has 0 bridgehead atoms. The third-order valence-electron chi connectivity index (χ3n) is 7.36. The van der Waals surface area contributed by atoms with Crippen molar-refractivity contribution in [3.8, 4) is 11.1 Å². The molecule has 0 radical (unpaired) electrons. The van der Waals surface area contributed by atoms with Gasteiger partial charge in [-0.15, -0.1) is 0 Å². The van der Waals surface area contributed by atoms with Gasteiger partial charge in [0.25, 0.3) is 15.9 Å². The molecule has 2 aromatic rings. The summed E-state index contributed by atoms with van der Waals surface area (Å²) < 4.78 is 102. The minimum atomic E-state index is -5.01. The van der Waals surface area contributed by atoms with Crippen LogP contribution in [0.25, 0.3) is 11.1 Å². The van der Waals surface area contributed by atoms with Crippen molar-refractivity contribution in [2.45, 2.75) is 49.6 Å². The lowest BCUT2D eigenvalue weighted by Gasteiger charge is -2.34. The predicted octanol–water partition coefficient (Wildman–Crippen LogP) is 3.60. The Labute approximate surface area is 204 Å². The van der Waals surface area contributed by atoms with Gasteiger partial charge in [0.15, 0.2) is 11.6 Å². The Kier molecular flexibility index (Phi) is 6.32. The summed E-state index contributed by atoms with van der Waals surface area (Å²) in [5.74, 6) is -7.34. The van der Waals surface area contributed by atoms with E-state index in [1.54, 1.807) is 0 Å². The molecular formula is C24H23F5N2O4S. The van der Waals surface area contributed by atoms with Gasteiger partial charge < -0.3 is 9.64 Å². The molecule has 1 unspecified atom stereocenters. The molecule has 3 fully saturated rings. The molecule has 1 amide bonds. The zero-order valence-electron chi connectivity index (χ0n) is 18.9. The summed E-state index contributed by atoms with van der Waals surface area (Å²) in [7, 11) is -5.01. The Balaban J connectivity index is 1.53. The van der Waals surface area contributed by atoms with Gasteiger partial charge in [-0.1, -0.05) is 30.3 Å². The molecule has 2 aliphatic heterocycles. The van der Waals surface area contributed by atoms with Crippen molar-refractivity contribution < 1.29 is 39.9 Å². The summed E-state index contributed by atoms with van der Waals surface area (Å²) >= 11 is 0. The van der Waals surface area contributed by atoms with Gasteiger partial charge in [-0.2, -0.15) is 8.78 Å². The second kappa shape index (κ2) is 9.07. The first-order valence-corrected chi connectivity index (χ1v) is 13.0. The molecule has 2 heterocycles. The normalized spacial score (nSPS) is 24.8. The minimum Gasteiger partial charge on any atom is -0.368 e. The third kappa shape index (κ3) is 4.28. The van der Waals surface area contributed by atoms with E-state index in [1.807, 2.05) is 0 Å². The van der Waals surface area contributed by atoms with Crippen molar-refractivity contribution in [1.82, 2.24) is 9.62 Å². The molecule has 2 aromatic carbocycles. The van der Waals surface area contributed by atoms with Gasteiger partial charge in [0.2, 0.25) is 0 Å². The number of rotatable bonds is 7. The molecule has 12 heteroatoms. The fourth-order valence-electron chi connectivity index (χ4n) is 5.17. The molecule has 1 N–H and O–H groups in total. The predicted molar refractivity (Wildman–Crippen MR) is 119 cm³/mol. The number of halogens is 5. The van der Waals surface area contributed by atoms with E-state index in [2.05, 4.69) is 4.72 Å². The molecule has 5 rings (SSSR count). The van der Waals surface area contributed by atoms with E-state index in [4.69, 9.17) is 4.74 Å². The molecule has 2 saturated heterocycles. The second-order valence-corrected chi connectivity index (χ2v) is 11.2. The molecule has 6 nitrogen and oxygen atoms in total. The molecular weight excluding hydrogens is 507 g/mol. The van der Waals surface area contributed by atoms with Gasteiger partial charge in [0, 0.05) is 35.5 Å². The first-order valence-electron chi connectivity index (χ1n) is 11.5. The topological polar surface area (TPSA) is 75.7 Å². The number of nitrogens with one attached hydrogen (secondary N) is 1. The van der Waals surface area contributed by atoms with Crippen LogP contribution in [0.15, 0.2) is 36.4 Å². The minimum absolute atomic E-state index is 0.00688. The number of hydrogen-bond acceptors (Lipinski definition) is 4. The average molecular weight is 531 g/mol. The Morgan fingerprint density at radius 2 is 1.72 bits per heavy atom. The van der Waals surface area contributed by atoms with Crippen molar-refractivity contribution >= 4 is 15.9 Å². The van der Waals surface area contributed by atoms with Crippen LogP contribution in [0.4, 0.5) is 22.0 Å². The summed E-state index contributed by atoms with van der Waals surface area (Å²) in [4.78, 5) is 14.5. The SMILES string of the molecule is O=C(C1CCO1)N1CC2(CC2)[C@H](NS(=O)(=O)C(F)F)[C@@H]1Cc1cccc(-c2cccc(F)c2F)c1F. The van der Waals surface area contributed by atoms with Gasteiger partial charge in [0.1, 0.15) is 11.9 Å².